The SMILES string of the molecule is CCOc1cc(/C=N\NC(=O)CNC(=O)c2ccc(OC)cc2)ccc1OC(=O)c1ccc(Cl)cc1. The molecule has 0 aliphatic carbocycles. The molecule has 0 saturated carbocycles. The number of methoxy groups -OCH3 is 1. The number of hydrogen-bond acceptors (Lipinski definition) is 7. The molecule has 0 fully saturated rings. The second-order valence-electron chi connectivity index (χ2n) is 7.24. The van der Waals surface area contributed by atoms with E-state index in [1.54, 1.807) is 73.7 Å². The lowest BCUT2D eigenvalue weighted by molar-refractivity contribution is -0.120. The Balaban J connectivity index is 1.55. The molecule has 0 bridgehead atoms. The van der Waals surface area contributed by atoms with E-state index < -0.39 is 17.8 Å². The molecule has 0 unspecified atom stereocenters. The van der Waals surface area contributed by atoms with Crippen molar-refractivity contribution in [1.82, 2.24) is 10.7 Å². The molecule has 3 rings (SSSR count). The Hall–Kier alpha value is -4.37. The fourth-order valence-electron chi connectivity index (χ4n) is 2.93. The van der Waals surface area contributed by atoms with Crippen LogP contribution in [0, 0.1) is 0 Å². The van der Waals surface area contributed by atoms with E-state index in [1.165, 1.54) is 13.3 Å². The largest absolute Gasteiger partial charge is 0.497 e. The molecular weight excluding hydrogens is 486 g/mol. The van der Waals surface area contributed by atoms with Crippen LogP contribution in [0.5, 0.6) is 17.2 Å². The van der Waals surface area contributed by atoms with E-state index in [1.807, 2.05) is 0 Å². The molecule has 0 spiro atoms. The number of nitrogens with zero attached hydrogens (tertiary/aromatic N) is 1. The van der Waals surface area contributed by atoms with E-state index in [0.717, 1.165) is 0 Å². The van der Waals surface area contributed by atoms with Crippen molar-refractivity contribution in [3.05, 3.63) is 88.4 Å². The Morgan fingerprint density at radius 1 is 0.944 bits per heavy atom. The van der Waals surface area contributed by atoms with E-state index in [9.17, 15) is 14.4 Å². The zero-order valence-electron chi connectivity index (χ0n) is 19.6. The molecule has 0 aromatic heterocycles. The first-order valence-electron chi connectivity index (χ1n) is 10.9. The lowest BCUT2D eigenvalue weighted by Gasteiger charge is -2.11. The minimum atomic E-state index is -0.557. The molecule has 0 aliphatic rings. The highest BCUT2D eigenvalue weighted by Gasteiger charge is 2.13. The maximum atomic E-state index is 12.4. The number of hydrazone groups is 1. The molecule has 36 heavy (non-hydrogen) atoms. The Labute approximate surface area is 213 Å². The number of benzene rings is 3. The summed E-state index contributed by atoms with van der Waals surface area (Å²) in [6, 6.07) is 17.6. The second-order valence-corrected chi connectivity index (χ2v) is 7.68. The lowest BCUT2D eigenvalue weighted by Crippen LogP contribution is -2.34. The number of halogens is 1. The van der Waals surface area contributed by atoms with Gasteiger partial charge in [0.15, 0.2) is 11.5 Å². The van der Waals surface area contributed by atoms with Crippen molar-refractivity contribution in [2.45, 2.75) is 6.92 Å². The Kier molecular flexibility index (Phi) is 9.41. The van der Waals surface area contributed by atoms with Gasteiger partial charge < -0.3 is 19.5 Å². The predicted molar refractivity (Wildman–Crippen MR) is 135 cm³/mol. The third-order valence-corrected chi connectivity index (χ3v) is 4.97. The van der Waals surface area contributed by atoms with Gasteiger partial charge in [-0.05, 0) is 79.2 Å². The van der Waals surface area contributed by atoms with Crippen LogP contribution >= 0.6 is 11.6 Å². The number of carbonyl (C=O) groups is 3. The molecule has 0 atom stereocenters. The van der Waals surface area contributed by atoms with Gasteiger partial charge in [-0.1, -0.05) is 11.6 Å². The maximum Gasteiger partial charge on any atom is 0.343 e. The van der Waals surface area contributed by atoms with Crippen LogP contribution in [-0.4, -0.2) is 44.3 Å². The van der Waals surface area contributed by atoms with E-state index in [0.29, 0.717) is 39.8 Å². The third-order valence-electron chi connectivity index (χ3n) is 4.71. The number of ether oxygens (including phenoxy) is 3. The van der Waals surface area contributed by atoms with Crippen LogP contribution in [-0.2, 0) is 4.79 Å². The van der Waals surface area contributed by atoms with Crippen LogP contribution in [0.1, 0.15) is 33.2 Å². The van der Waals surface area contributed by atoms with Crippen LogP contribution in [0.2, 0.25) is 5.02 Å². The summed E-state index contributed by atoms with van der Waals surface area (Å²) in [6.45, 7) is 1.88. The number of rotatable bonds is 10. The molecule has 0 aliphatic heterocycles. The molecular formula is C26H24ClN3O6. The predicted octanol–water partition coefficient (Wildman–Crippen LogP) is 3.85. The lowest BCUT2D eigenvalue weighted by atomic mass is 10.2. The monoisotopic (exact) mass is 509 g/mol. The number of esters is 1. The standard InChI is InChI=1S/C26H24ClN3O6/c1-3-35-23-14-17(4-13-22(23)36-26(33)19-5-9-20(27)10-6-19)15-29-30-24(31)16-28-25(32)18-7-11-21(34-2)12-8-18/h4-15H,3,16H2,1-2H3,(H,28,32)(H,30,31)/b29-15-. The van der Waals surface area contributed by atoms with Crippen molar-refractivity contribution in [2.75, 3.05) is 20.3 Å². The van der Waals surface area contributed by atoms with E-state index >= 15 is 0 Å². The Bertz CT molecular complexity index is 1240. The third kappa shape index (κ3) is 7.57. The van der Waals surface area contributed by atoms with Crippen LogP contribution in [0.25, 0.3) is 0 Å². The maximum absolute atomic E-state index is 12.4. The zero-order chi connectivity index (χ0) is 25.9. The molecule has 0 radical (unpaired) electrons. The fourth-order valence-corrected chi connectivity index (χ4v) is 3.05. The van der Waals surface area contributed by atoms with Gasteiger partial charge in [0.05, 0.1) is 32.0 Å². The molecule has 0 heterocycles. The van der Waals surface area contributed by atoms with Crippen molar-refractivity contribution in [2.24, 2.45) is 5.10 Å². The van der Waals surface area contributed by atoms with Crippen LogP contribution in [0.4, 0.5) is 0 Å². The van der Waals surface area contributed by atoms with Crippen molar-refractivity contribution < 1.29 is 28.6 Å². The minimum Gasteiger partial charge on any atom is -0.497 e. The second kappa shape index (κ2) is 12.9. The van der Waals surface area contributed by atoms with Crippen LogP contribution in [0.3, 0.4) is 0 Å². The number of amides is 2. The fraction of sp³-hybridized carbons (Fsp3) is 0.154. The van der Waals surface area contributed by atoms with E-state index in [4.69, 9.17) is 25.8 Å². The average Bonchev–Trinajstić information content (AvgIpc) is 2.89. The van der Waals surface area contributed by atoms with Gasteiger partial charge in [-0.15, -0.1) is 0 Å². The minimum absolute atomic E-state index is 0.235. The topological polar surface area (TPSA) is 115 Å². The smallest absolute Gasteiger partial charge is 0.343 e. The van der Waals surface area contributed by atoms with Gasteiger partial charge in [0.2, 0.25) is 0 Å². The van der Waals surface area contributed by atoms with Crippen LogP contribution in [0.15, 0.2) is 71.8 Å². The summed E-state index contributed by atoms with van der Waals surface area (Å²) in [5.41, 5.74) is 3.67. The number of nitrogens with one attached hydrogen (secondary N) is 2. The van der Waals surface area contributed by atoms with E-state index in [-0.39, 0.29) is 12.3 Å². The van der Waals surface area contributed by atoms with Crippen molar-refractivity contribution >= 4 is 35.6 Å². The molecule has 9 nitrogen and oxygen atoms in total. The van der Waals surface area contributed by atoms with Crippen molar-refractivity contribution in [3.63, 3.8) is 0 Å². The Morgan fingerprint density at radius 3 is 2.31 bits per heavy atom. The summed E-state index contributed by atoms with van der Waals surface area (Å²) in [7, 11) is 1.53. The van der Waals surface area contributed by atoms with Gasteiger partial charge >= 0.3 is 5.97 Å². The molecule has 0 saturated heterocycles. The molecule has 3 aromatic rings. The highest BCUT2D eigenvalue weighted by Crippen LogP contribution is 2.29. The molecule has 3 aromatic carbocycles. The van der Waals surface area contributed by atoms with Gasteiger partial charge in [-0.3, -0.25) is 9.59 Å². The molecule has 2 N–H and O–H groups in total. The first-order chi connectivity index (χ1) is 17.4. The van der Waals surface area contributed by atoms with Crippen LogP contribution < -0.4 is 25.0 Å². The summed E-state index contributed by atoms with van der Waals surface area (Å²) >= 11 is 5.85. The van der Waals surface area contributed by atoms with Gasteiger partial charge in [0.1, 0.15) is 5.75 Å². The quantitative estimate of drug-likeness (QED) is 0.186. The van der Waals surface area contributed by atoms with Gasteiger partial charge in [0.25, 0.3) is 11.8 Å². The summed E-state index contributed by atoms with van der Waals surface area (Å²) in [5, 5.41) is 6.92. The summed E-state index contributed by atoms with van der Waals surface area (Å²) < 4.78 is 16.1. The highest BCUT2D eigenvalue weighted by molar-refractivity contribution is 6.30. The van der Waals surface area contributed by atoms with Gasteiger partial charge in [-0.25, -0.2) is 10.2 Å². The summed E-state index contributed by atoms with van der Waals surface area (Å²) in [5.74, 6) is -0.272. The number of carbonyl (C=O) groups excluding carboxylic acids is 3. The summed E-state index contributed by atoms with van der Waals surface area (Å²) in [4.78, 5) is 36.6. The van der Waals surface area contributed by atoms with Gasteiger partial charge in [0, 0.05) is 10.6 Å². The van der Waals surface area contributed by atoms with Gasteiger partial charge in [-0.2, -0.15) is 5.10 Å². The zero-order valence-corrected chi connectivity index (χ0v) is 20.4. The molecule has 2 amide bonds. The normalized spacial score (nSPS) is 10.5. The first-order valence-corrected chi connectivity index (χ1v) is 11.3. The van der Waals surface area contributed by atoms with Crippen molar-refractivity contribution in [1.29, 1.82) is 0 Å². The first kappa shape index (κ1) is 26.2. The summed E-state index contributed by atoms with van der Waals surface area (Å²) in [6.07, 6.45) is 1.40. The number of hydrogen-bond donors (Lipinski definition) is 2. The molecule has 10 heteroatoms. The van der Waals surface area contributed by atoms with E-state index in [2.05, 4.69) is 15.8 Å². The highest BCUT2D eigenvalue weighted by atomic mass is 35.5. The average molecular weight is 510 g/mol. The van der Waals surface area contributed by atoms with Crippen molar-refractivity contribution in [3.8, 4) is 17.2 Å². The Morgan fingerprint density at radius 2 is 1.64 bits per heavy atom. The molecule has 186 valence electrons.